The molecule has 2 rings (SSSR count). The Kier molecular flexibility index (Phi) is 8.14. The molecule has 0 spiro atoms. The Morgan fingerprint density at radius 1 is 1.08 bits per heavy atom. The number of carbonyl (C=O) groups excluding carboxylic acids is 2. The van der Waals surface area contributed by atoms with Crippen molar-refractivity contribution in [3.05, 3.63) is 35.4 Å². The van der Waals surface area contributed by atoms with Gasteiger partial charge in [0.25, 0.3) is 0 Å². The van der Waals surface area contributed by atoms with Gasteiger partial charge in [0.2, 0.25) is 0 Å². The summed E-state index contributed by atoms with van der Waals surface area (Å²) in [7, 11) is 0. The fourth-order valence-electron chi connectivity index (χ4n) is 3.57. The van der Waals surface area contributed by atoms with E-state index in [-0.39, 0.29) is 6.10 Å². The molecule has 1 saturated carbocycles. The lowest BCUT2D eigenvalue weighted by atomic mass is 9.85. The first-order chi connectivity index (χ1) is 12.5. The fourth-order valence-corrected chi connectivity index (χ4v) is 3.57. The lowest BCUT2D eigenvalue weighted by Crippen LogP contribution is -2.30. The van der Waals surface area contributed by atoms with Gasteiger partial charge < -0.3 is 9.47 Å². The van der Waals surface area contributed by atoms with E-state index in [9.17, 15) is 9.59 Å². The normalized spacial score (nSPS) is 20.0. The van der Waals surface area contributed by atoms with Gasteiger partial charge >= 0.3 is 11.9 Å². The van der Waals surface area contributed by atoms with Gasteiger partial charge in [-0.3, -0.25) is 0 Å². The van der Waals surface area contributed by atoms with Crippen LogP contribution < -0.4 is 0 Å². The molecule has 0 aromatic heterocycles. The molecule has 26 heavy (non-hydrogen) atoms. The predicted molar refractivity (Wildman–Crippen MR) is 102 cm³/mol. The summed E-state index contributed by atoms with van der Waals surface area (Å²) in [5, 5.41) is 0. The summed E-state index contributed by atoms with van der Waals surface area (Å²) in [4.78, 5) is 25.1. The molecule has 0 heterocycles. The zero-order valence-electron chi connectivity index (χ0n) is 16.3. The molecule has 1 aliphatic carbocycles. The molecule has 0 amide bonds. The van der Waals surface area contributed by atoms with E-state index in [0.29, 0.717) is 29.6 Å². The van der Waals surface area contributed by atoms with E-state index in [2.05, 4.69) is 20.8 Å². The second-order valence-corrected chi connectivity index (χ2v) is 7.61. The highest BCUT2D eigenvalue weighted by molar-refractivity contribution is 6.03. The lowest BCUT2D eigenvalue weighted by molar-refractivity contribution is 0.000312. The van der Waals surface area contributed by atoms with E-state index in [0.717, 1.165) is 38.5 Å². The third kappa shape index (κ3) is 5.86. The highest BCUT2D eigenvalue weighted by Gasteiger charge is 2.28. The molecule has 2 atom stereocenters. The van der Waals surface area contributed by atoms with Crippen LogP contribution in [0.25, 0.3) is 0 Å². The monoisotopic (exact) mass is 360 g/mol. The minimum atomic E-state index is -0.447. The molecule has 0 radical (unpaired) electrons. The molecule has 0 saturated heterocycles. The standard InChI is InChI=1S/C22H32O4/c1-4-17-11-5-8-14-20(17)26-22(24)19-13-7-6-12-18(19)21(23)25-15-9-10-16(2)3/h6-7,12-13,16-17,20H,4-5,8-11,14-15H2,1-3H3. The highest BCUT2D eigenvalue weighted by atomic mass is 16.5. The summed E-state index contributed by atoms with van der Waals surface area (Å²) in [5.74, 6) is 0.142. The van der Waals surface area contributed by atoms with E-state index in [1.54, 1.807) is 24.3 Å². The van der Waals surface area contributed by atoms with Crippen LogP contribution in [0.2, 0.25) is 0 Å². The Morgan fingerprint density at radius 2 is 1.73 bits per heavy atom. The van der Waals surface area contributed by atoms with Crippen LogP contribution in [0.15, 0.2) is 24.3 Å². The van der Waals surface area contributed by atoms with Gasteiger partial charge in [0.1, 0.15) is 6.10 Å². The number of ether oxygens (including phenoxy) is 2. The van der Waals surface area contributed by atoms with Crippen molar-refractivity contribution < 1.29 is 19.1 Å². The minimum Gasteiger partial charge on any atom is -0.462 e. The number of carbonyl (C=O) groups is 2. The van der Waals surface area contributed by atoms with Crippen LogP contribution in [-0.2, 0) is 9.47 Å². The van der Waals surface area contributed by atoms with Gasteiger partial charge in [0.15, 0.2) is 0 Å². The molecular weight excluding hydrogens is 328 g/mol. The van der Waals surface area contributed by atoms with Crippen molar-refractivity contribution in [2.75, 3.05) is 6.61 Å². The van der Waals surface area contributed by atoms with Crippen LogP contribution in [0.4, 0.5) is 0 Å². The van der Waals surface area contributed by atoms with E-state index in [1.807, 2.05) is 0 Å². The fraction of sp³-hybridized carbons (Fsp3) is 0.636. The summed E-state index contributed by atoms with van der Waals surface area (Å²) in [6.07, 6.45) is 7.11. The van der Waals surface area contributed by atoms with Crippen molar-refractivity contribution in [1.29, 1.82) is 0 Å². The van der Waals surface area contributed by atoms with Crippen molar-refractivity contribution in [2.24, 2.45) is 11.8 Å². The van der Waals surface area contributed by atoms with Crippen LogP contribution in [0.5, 0.6) is 0 Å². The Balaban J connectivity index is 2.00. The Hall–Kier alpha value is -1.84. The SMILES string of the molecule is CCC1CCCCC1OC(=O)c1ccccc1C(=O)OCCCC(C)C. The number of benzene rings is 1. The molecule has 0 aliphatic heterocycles. The molecule has 1 aromatic carbocycles. The topological polar surface area (TPSA) is 52.6 Å². The second-order valence-electron chi connectivity index (χ2n) is 7.61. The number of hydrogen-bond acceptors (Lipinski definition) is 4. The summed E-state index contributed by atoms with van der Waals surface area (Å²) in [6.45, 7) is 6.80. The van der Waals surface area contributed by atoms with Crippen molar-refractivity contribution >= 4 is 11.9 Å². The third-order valence-electron chi connectivity index (χ3n) is 5.15. The second kappa shape index (κ2) is 10.3. The average molecular weight is 360 g/mol. The smallest absolute Gasteiger partial charge is 0.339 e. The molecule has 0 N–H and O–H groups in total. The Bertz CT molecular complexity index is 594. The number of rotatable bonds is 8. The van der Waals surface area contributed by atoms with Crippen LogP contribution in [0.3, 0.4) is 0 Å². The maximum Gasteiger partial charge on any atom is 0.339 e. The first-order valence-corrected chi connectivity index (χ1v) is 10.00. The van der Waals surface area contributed by atoms with Crippen molar-refractivity contribution in [1.82, 2.24) is 0 Å². The van der Waals surface area contributed by atoms with E-state index < -0.39 is 11.9 Å². The average Bonchev–Trinajstić information content (AvgIpc) is 2.65. The molecule has 2 unspecified atom stereocenters. The van der Waals surface area contributed by atoms with Crippen LogP contribution in [-0.4, -0.2) is 24.6 Å². The van der Waals surface area contributed by atoms with Crippen molar-refractivity contribution in [3.8, 4) is 0 Å². The number of esters is 2. The zero-order chi connectivity index (χ0) is 18.9. The van der Waals surface area contributed by atoms with Crippen LogP contribution >= 0.6 is 0 Å². The molecule has 4 nitrogen and oxygen atoms in total. The summed E-state index contributed by atoms with van der Waals surface area (Å²) in [5.41, 5.74) is 0.604. The largest absolute Gasteiger partial charge is 0.462 e. The molecule has 1 aliphatic rings. The lowest BCUT2D eigenvalue weighted by Gasteiger charge is -2.30. The molecule has 4 heteroatoms. The quantitative estimate of drug-likeness (QED) is 0.460. The minimum absolute atomic E-state index is 0.0450. The van der Waals surface area contributed by atoms with Gasteiger partial charge in [-0.2, -0.15) is 0 Å². The van der Waals surface area contributed by atoms with Crippen molar-refractivity contribution in [3.63, 3.8) is 0 Å². The molecular formula is C22H32O4. The van der Waals surface area contributed by atoms with Gasteiger partial charge in [0.05, 0.1) is 17.7 Å². The molecule has 0 bridgehead atoms. The maximum atomic E-state index is 12.7. The summed E-state index contributed by atoms with van der Waals surface area (Å²) in [6, 6.07) is 6.79. The summed E-state index contributed by atoms with van der Waals surface area (Å²) < 4.78 is 11.1. The first-order valence-electron chi connectivity index (χ1n) is 10.00. The predicted octanol–water partition coefficient (Wildman–Crippen LogP) is 5.41. The van der Waals surface area contributed by atoms with E-state index in [1.165, 1.54) is 6.42 Å². The van der Waals surface area contributed by atoms with Gasteiger partial charge in [-0.15, -0.1) is 0 Å². The van der Waals surface area contributed by atoms with Crippen LogP contribution in [0, 0.1) is 11.8 Å². The Labute approximate surface area is 157 Å². The van der Waals surface area contributed by atoms with E-state index in [4.69, 9.17) is 9.47 Å². The van der Waals surface area contributed by atoms with E-state index >= 15 is 0 Å². The van der Waals surface area contributed by atoms with Crippen molar-refractivity contribution in [2.45, 2.75) is 71.8 Å². The Morgan fingerprint density at radius 3 is 2.38 bits per heavy atom. The van der Waals surface area contributed by atoms with Gasteiger partial charge in [-0.05, 0) is 62.5 Å². The van der Waals surface area contributed by atoms with Gasteiger partial charge in [-0.1, -0.05) is 39.3 Å². The highest BCUT2D eigenvalue weighted by Crippen LogP contribution is 2.30. The van der Waals surface area contributed by atoms with Crippen LogP contribution in [0.1, 0.15) is 86.4 Å². The molecule has 144 valence electrons. The van der Waals surface area contributed by atoms with Gasteiger partial charge in [-0.25, -0.2) is 9.59 Å². The molecule has 1 aromatic rings. The maximum absolute atomic E-state index is 12.7. The number of hydrogen-bond donors (Lipinski definition) is 0. The first kappa shape index (κ1) is 20.5. The zero-order valence-corrected chi connectivity index (χ0v) is 16.3. The van der Waals surface area contributed by atoms with Gasteiger partial charge in [0, 0.05) is 0 Å². The summed E-state index contributed by atoms with van der Waals surface area (Å²) >= 11 is 0. The third-order valence-corrected chi connectivity index (χ3v) is 5.15. The molecule has 1 fully saturated rings.